The van der Waals surface area contributed by atoms with Gasteiger partial charge < -0.3 is 0 Å². The number of aromatic nitrogens is 4. The SMILES string of the molecule is CC1(C)c2ccccc2-c2c1c1ccccc1c1c2ccc2cc(-c3ccc4c(-c5ccccc5)nc(-c5ccccc5)nc4c3)ccc21.c1ccc(-c2nc3ccc(-c4ccc5c(ccc6c5c5ccccc5c5sc7ccccc7c65)c4)cc3nc2-c2ccccc2)cc1. The fraction of sp³-hybridized carbons (Fsp3) is 0.0330. The number of rotatable bonds is 6. The van der Waals surface area contributed by atoms with Crippen molar-refractivity contribution in [2.45, 2.75) is 19.3 Å². The number of hydrogen-bond donors (Lipinski definition) is 0. The summed E-state index contributed by atoms with van der Waals surface area (Å²) in [7, 11) is 0. The Bertz CT molecular complexity index is 6400. The van der Waals surface area contributed by atoms with Crippen molar-refractivity contribution in [3.63, 3.8) is 0 Å². The fourth-order valence-electron chi connectivity index (χ4n) is 15.6. The maximum absolute atomic E-state index is 5.23. The third-order valence-corrected chi connectivity index (χ3v) is 21.2. The van der Waals surface area contributed by atoms with E-state index in [0.29, 0.717) is 0 Å². The van der Waals surface area contributed by atoms with Crippen molar-refractivity contribution >= 4 is 118 Å². The summed E-state index contributed by atoms with van der Waals surface area (Å²) in [4.78, 5) is 20.6. The zero-order valence-corrected chi connectivity index (χ0v) is 53.5. The summed E-state index contributed by atoms with van der Waals surface area (Å²) in [5, 5.41) is 19.4. The van der Waals surface area contributed by atoms with Crippen LogP contribution in [0.25, 0.3) is 185 Å². The number of benzene rings is 16. The second-order valence-electron chi connectivity index (χ2n) is 25.9. The van der Waals surface area contributed by atoms with Crippen LogP contribution in [0.1, 0.15) is 25.0 Å². The largest absolute Gasteiger partial charge is 0.244 e. The minimum Gasteiger partial charge on any atom is -0.244 e. The topological polar surface area (TPSA) is 51.6 Å². The molecule has 5 heteroatoms. The Morgan fingerprint density at radius 2 is 0.729 bits per heavy atom. The van der Waals surface area contributed by atoms with E-state index in [4.69, 9.17) is 19.9 Å². The summed E-state index contributed by atoms with van der Waals surface area (Å²) in [6.07, 6.45) is 0. The van der Waals surface area contributed by atoms with E-state index < -0.39 is 0 Å². The molecule has 96 heavy (non-hydrogen) atoms. The number of hydrogen-bond acceptors (Lipinski definition) is 5. The Morgan fingerprint density at radius 3 is 1.38 bits per heavy atom. The van der Waals surface area contributed by atoms with Gasteiger partial charge in [0.05, 0.1) is 33.6 Å². The molecule has 19 aromatic rings. The van der Waals surface area contributed by atoms with Crippen molar-refractivity contribution in [3.8, 4) is 78.5 Å². The quantitative estimate of drug-likeness (QED) is 0.156. The van der Waals surface area contributed by atoms with Gasteiger partial charge in [0.15, 0.2) is 5.82 Å². The average Bonchev–Trinajstić information content (AvgIpc) is 1.50. The molecule has 0 fully saturated rings. The monoisotopic (exact) mass is 1240 g/mol. The van der Waals surface area contributed by atoms with Crippen LogP contribution in [0.15, 0.2) is 315 Å². The Labute approximate surface area is 558 Å². The van der Waals surface area contributed by atoms with Crippen LogP contribution in [0.3, 0.4) is 0 Å². The molecule has 448 valence electrons. The lowest BCUT2D eigenvalue weighted by atomic mass is 9.79. The number of nitrogens with zero attached hydrogens (tertiary/aromatic N) is 4. The highest BCUT2D eigenvalue weighted by molar-refractivity contribution is 7.27. The predicted molar refractivity (Wildman–Crippen MR) is 407 cm³/mol. The summed E-state index contributed by atoms with van der Waals surface area (Å²) in [6.45, 7) is 4.76. The standard InChI is InChI=1S/C47H32N2.C44H26N2S/c1-47(2)40-20-12-11-19-37(40)43-39-26-23-33-27-31(21-24-34(33)42(39)35-17-9-10-18-36(35)44(43)47)32-22-25-38-41(28-32)48-46(30-15-7-4-8-16-30)49-45(38)29-13-5-3-6-14-29;1-3-11-27(12-4-1)42-43(28-13-5-2-6-14-28)46-38-26-30(21-24-37(38)45-42)29-19-22-32-31(25-29)20-23-36-40(32)33-15-7-8-16-34(33)44-41(36)35-17-9-10-18-39(35)47-44/h3-28H,1-2H3;1-26H. The molecule has 0 amide bonds. The minimum absolute atomic E-state index is 0.0705. The van der Waals surface area contributed by atoms with E-state index in [1.165, 1.54) is 118 Å². The van der Waals surface area contributed by atoms with E-state index in [0.717, 1.165) is 78.2 Å². The molecular formula is C91H58N4S. The Balaban J connectivity index is 0.000000135. The molecule has 0 atom stereocenters. The van der Waals surface area contributed by atoms with E-state index in [1.807, 2.05) is 47.7 Å². The lowest BCUT2D eigenvalue weighted by Crippen LogP contribution is -2.15. The third-order valence-electron chi connectivity index (χ3n) is 20.0. The minimum atomic E-state index is -0.0705. The van der Waals surface area contributed by atoms with Crippen LogP contribution in [0.5, 0.6) is 0 Å². The first-order valence-electron chi connectivity index (χ1n) is 32.9. The molecule has 3 aromatic heterocycles. The smallest absolute Gasteiger partial charge is 0.160 e. The molecule has 0 saturated carbocycles. The normalized spacial score (nSPS) is 12.6. The van der Waals surface area contributed by atoms with E-state index in [2.05, 4.69) is 293 Å². The van der Waals surface area contributed by atoms with Crippen LogP contribution >= 0.6 is 11.3 Å². The lowest BCUT2D eigenvalue weighted by Gasteiger charge is -2.24. The first-order valence-corrected chi connectivity index (χ1v) is 33.7. The van der Waals surface area contributed by atoms with E-state index in [9.17, 15) is 0 Å². The van der Waals surface area contributed by atoms with Gasteiger partial charge in [0.25, 0.3) is 0 Å². The molecule has 0 spiro atoms. The zero-order chi connectivity index (χ0) is 63.6. The molecule has 0 N–H and O–H groups in total. The van der Waals surface area contributed by atoms with Gasteiger partial charge in [0.1, 0.15) is 0 Å². The number of fused-ring (bicyclic) bond motifs is 22. The van der Waals surface area contributed by atoms with Gasteiger partial charge in [-0.15, -0.1) is 11.3 Å². The molecule has 0 radical (unpaired) electrons. The predicted octanol–water partition coefficient (Wildman–Crippen LogP) is 24.9. The first kappa shape index (κ1) is 55.6. The fourth-order valence-corrected chi connectivity index (χ4v) is 16.8. The molecule has 20 rings (SSSR count). The molecule has 4 nitrogen and oxygen atoms in total. The van der Waals surface area contributed by atoms with Gasteiger partial charge in [-0.25, -0.2) is 19.9 Å². The van der Waals surface area contributed by atoms with Crippen molar-refractivity contribution in [3.05, 3.63) is 327 Å². The van der Waals surface area contributed by atoms with Crippen molar-refractivity contribution < 1.29 is 0 Å². The lowest BCUT2D eigenvalue weighted by molar-refractivity contribution is 0.666. The van der Waals surface area contributed by atoms with Gasteiger partial charge in [-0.2, -0.15) is 0 Å². The van der Waals surface area contributed by atoms with Crippen LogP contribution < -0.4 is 0 Å². The summed E-state index contributed by atoms with van der Waals surface area (Å²) < 4.78 is 2.70. The molecule has 3 heterocycles. The maximum Gasteiger partial charge on any atom is 0.160 e. The van der Waals surface area contributed by atoms with E-state index >= 15 is 0 Å². The highest BCUT2D eigenvalue weighted by Gasteiger charge is 2.38. The second kappa shape index (κ2) is 22.1. The summed E-state index contributed by atoms with van der Waals surface area (Å²) >= 11 is 1.90. The van der Waals surface area contributed by atoms with E-state index in [-0.39, 0.29) is 5.41 Å². The summed E-state index contributed by atoms with van der Waals surface area (Å²) in [5.74, 6) is 0.734. The van der Waals surface area contributed by atoms with Crippen molar-refractivity contribution in [1.82, 2.24) is 19.9 Å². The van der Waals surface area contributed by atoms with E-state index in [1.54, 1.807) is 0 Å². The maximum atomic E-state index is 5.23. The molecule has 0 saturated heterocycles. The van der Waals surface area contributed by atoms with Gasteiger partial charge in [0, 0.05) is 58.6 Å². The van der Waals surface area contributed by atoms with Crippen LogP contribution in [0.2, 0.25) is 0 Å². The van der Waals surface area contributed by atoms with Crippen LogP contribution in [0.4, 0.5) is 0 Å². The highest BCUT2D eigenvalue weighted by atomic mass is 32.1. The van der Waals surface area contributed by atoms with Gasteiger partial charge >= 0.3 is 0 Å². The molecule has 1 aliphatic carbocycles. The molecular weight excluding hydrogens is 1180 g/mol. The highest BCUT2D eigenvalue weighted by Crippen LogP contribution is 2.56. The van der Waals surface area contributed by atoms with Crippen molar-refractivity contribution in [2.75, 3.05) is 0 Å². The van der Waals surface area contributed by atoms with Crippen LogP contribution in [0, 0.1) is 0 Å². The van der Waals surface area contributed by atoms with Gasteiger partial charge in [-0.05, 0) is 146 Å². The van der Waals surface area contributed by atoms with Crippen LogP contribution in [-0.2, 0) is 5.41 Å². The molecule has 0 aliphatic heterocycles. The third kappa shape index (κ3) is 8.89. The molecule has 0 unspecified atom stereocenters. The number of thiophene rings is 1. The van der Waals surface area contributed by atoms with Gasteiger partial charge in [-0.3, -0.25) is 0 Å². The average molecular weight is 1240 g/mol. The van der Waals surface area contributed by atoms with Gasteiger partial charge in [0.2, 0.25) is 0 Å². The Hall–Kier alpha value is -12.0. The Kier molecular flexibility index (Phi) is 12.8. The summed E-state index contributed by atoms with van der Waals surface area (Å²) in [5.41, 5.74) is 19.8. The van der Waals surface area contributed by atoms with Gasteiger partial charge in [-0.1, -0.05) is 287 Å². The molecule has 16 aromatic carbocycles. The molecule has 1 aliphatic rings. The van der Waals surface area contributed by atoms with Crippen molar-refractivity contribution in [1.29, 1.82) is 0 Å². The second-order valence-corrected chi connectivity index (χ2v) is 26.9. The Morgan fingerprint density at radius 1 is 0.271 bits per heavy atom. The first-order chi connectivity index (χ1) is 47.4. The molecule has 0 bridgehead atoms. The zero-order valence-electron chi connectivity index (χ0n) is 52.7. The van der Waals surface area contributed by atoms with Crippen molar-refractivity contribution in [2.24, 2.45) is 0 Å². The summed E-state index contributed by atoms with van der Waals surface area (Å²) in [6, 6.07) is 113. The van der Waals surface area contributed by atoms with Crippen LogP contribution in [-0.4, -0.2) is 19.9 Å².